The second-order valence-corrected chi connectivity index (χ2v) is 4.01. The summed E-state index contributed by atoms with van der Waals surface area (Å²) in [5, 5.41) is 8.63. The fourth-order valence-electron chi connectivity index (χ4n) is 0.430. The van der Waals surface area contributed by atoms with Crippen LogP contribution in [0.25, 0.3) is 0 Å². The summed E-state index contributed by atoms with van der Waals surface area (Å²) in [6.07, 6.45) is 3.62. The molecule has 0 aromatic heterocycles. The second kappa shape index (κ2) is 4.84. The van der Waals surface area contributed by atoms with Gasteiger partial charge >= 0.3 is 66.2 Å². The summed E-state index contributed by atoms with van der Waals surface area (Å²) in [6, 6.07) is 0. The van der Waals surface area contributed by atoms with Crippen LogP contribution in [0.1, 0.15) is 6.92 Å². The third-order valence-corrected chi connectivity index (χ3v) is 1.26. The van der Waals surface area contributed by atoms with E-state index in [1.54, 1.807) is 6.08 Å². The van der Waals surface area contributed by atoms with E-state index < -0.39 is 0 Å². The van der Waals surface area contributed by atoms with Crippen molar-refractivity contribution in [1.29, 1.82) is 0 Å². The standard InChI is InChI=1S/C7H10O.W/c1-3-5-7(4-2)6-8;/h4-5,8H,2,6H2,1H3;. The van der Waals surface area contributed by atoms with E-state index in [4.69, 9.17) is 5.11 Å². The first-order valence-corrected chi connectivity index (χ1v) is 4.11. The zero-order valence-electron chi connectivity index (χ0n) is 5.42. The van der Waals surface area contributed by atoms with Gasteiger partial charge in [-0.2, -0.15) is 0 Å². The van der Waals surface area contributed by atoms with Crippen LogP contribution in [0, 0.1) is 0 Å². The summed E-state index contributed by atoms with van der Waals surface area (Å²) in [5.41, 5.74) is 0.891. The second-order valence-electron chi connectivity index (χ2n) is 1.69. The van der Waals surface area contributed by atoms with Crippen molar-refractivity contribution in [2.45, 2.75) is 6.92 Å². The Morgan fingerprint density at radius 1 is 1.78 bits per heavy atom. The van der Waals surface area contributed by atoms with Gasteiger partial charge in [-0.15, -0.1) is 0 Å². The van der Waals surface area contributed by atoms with Crippen molar-refractivity contribution in [2.75, 3.05) is 6.61 Å². The van der Waals surface area contributed by atoms with Crippen LogP contribution in [0.4, 0.5) is 0 Å². The molecule has 0 aliphatic rings. The Labute approximate surface area is 66.5 Å². The van der Waals surface area contributed by atoms with Gasteiger partial charge in [0, 0.05) is 0 Å². The van der Waals surface area contributed by atoms with E-state index in [1.165, 1.54) is 23.3 Å². The molecular formula is C7H10OW. The molecule has 0 aromatic carbocycles. The average Bonchev–Trinajstić information content (AvgIpc) is 1.82. The normalized spacial score (nSPS) is 11.1. The van der Waals surface area contributed by atoms with Gasteiger partial charge in [0.1, 0.15) is 0 Å². The molecule has 0 amide bonds. The molecule has 0 fully saturated rings. The molecule has 0 saturated carbocycles. The molecule has 0 rings (SSSR count). The number of allylic oxidation sites excluding steroid dienone is 1. The van der Waals surface area contributed by atoms with Crippen LogP contribution in [0.5, 0.6) is 0 Å². The van der Waals surface area contributed by atoms with Gasteiger partial charge in [-0.1, -0.05) is 0 Å². The minimum atomic E-state index is 0.0914. The molecule has 0 atom stereocenters. The van der Waals surface area contributed by atoms with Crippen molar-refractivity contribution in [1.82, 2.24) is 0 Å². The number of hydrogen-bond donors (Lipinski definition) is 1. The number of aliphatic hydroxyl groups is 1. The van der Waals surface area contributed by atoms with Crippen molar-refractivity contribution in [3.63, 3.8) is 0 Å². The minimum absolute atomic E-state index is 0.0914. The van der Waals surface area contributed by atoms with E-state index in [0.29, 0.717) is 0 Å². The first-order valence-electron chi connectivity index (χ1n) is 2.65. The molecule has 0 aromatic rings. The molecule has 1 N–H and O–H groups in total. The van der Waals surface area contributed by atoms with Crippen LogP contribution in [0.3, 0.4) is 0 Å². The van der Waals surface area contributed by atoms with Crippen LogP contribution in [0.15, 0.2) is 24.3 Å². The average molecular weight is 294 g/mol. The van der Waals surface area contributed by atoms with Crippen molar-refractivity contribution < 1.29 is 24.5 Å². The van der Waals surface area contributed by atoms with Gasteiger partial charge in [0.05, 0.1) is 0 Å². The third kappa shape index (κ3) is 4.50. The first kappa shape index (κ1) is 9.00. The first-order chi connectivity index (χ1) is 4.20. The Hall–Kier alpha value is -0.00169. The molecule has 2 heteroatoms. The van der Waals surface area contributed by atoms with E-state index in [0.717, 1.165) is 5.57 Å². The predicted molar refractivity (Wildman–Crippen MR) is 36.0 cm³/mol. The summed E-state index contributed by atoms with van der Waals surface area (Å²) in [6.45, 7) is 5.67. The fraction of sp³-hybridized carbons (Fsp3) is 0.286. The Bertz CT molecular complexity index is 147. The Kier molecular flexibility index (Phi) is 4.84. The maximum absolute atomic E-state index is 8.63. The molecule has 0 unspecified atom stereocenters. The van der Waals surface area contributed by atoms with Gasteiger partial charge in [-0.3, -0.25) is 0 Å². The van der Waals surface area contributed by atoms with Crippen LogP contribution < -0.4 is 0 Å². The molecule has 0 bridgehead atoms. The van der Waals surface area contributed by atoms with E-state index in [2.05, 4.69) is 6.58 Å². The van der Waals surface area contributed by atoms with Gasteiger partial charge in [0.15, 0.2) is 0 Å². The third-order valence-electron chi connectivity index (χ3n) is 0.833. The van der Waals surface area contributed by atoms with Gasteiger partial charge in [-0.25, -0.2) is 0 Å². The van der Waals surface area contributed by atoms with Crippen LogP contribution >= 0.6 is 0 Å². The Morgan fingerprint density at radius 2 is 2.33 bits per heavy atom. The molecule has 0 aliphatic carbocycles. The molecule has 1 nitrogen and oxygen atoms in total. The van der Waals surface area contributed by atoms with Gasteiger partial charge in [0.25, 0.3) is 0 Å². The van der Waals surface area contributed by atoms with E-state index >= 15 is 0 Å². The molecule has 0 aliphatic heterocycles. The van der Waals surface area contributed by atoms with Crippen molar-refractivity contribution in [3.05, 3.63) is 24.3 Å². The molecule has 0 spiro atoms. The quantitative estimate of drug-likeness (QED) is 0.765. The summed E-state index contributed by atoms with van der Waals surface area (Å²) in [7, 11) is 0. The Balaban J connectivity index is 4.07. The van der Waals surface area contributed by atoms with Gasteiger partial charge in [-0.05, 0) is 0 Å². The van der Waals surface area contributed by atoms with Gasteiger partial charge < -0.3 is 0 Å². The molecule has 0 radical (unpaired) electrons. The zero-order valence-corrected chi connectivity index (χ0v) is 8.36. The summed E-state index contributed by atoms with van der Waals surface area (Å²) in [5.74, 6) is 0. The summed E-state index contributed by atoms with van der Waals surface area (Å²) in [4.78, 5) is 0. The van der Waals surface area contributed by atoms with E-state index in [9.17, 15) is 0 Å². The predicted octanol–water partition coefficient (Wildman–Crippen LogP) is 0.830. The fourth-order valence-corrected chi connectivity index (χ4v) is 0.974. The monoisotopic (exact) mass is 294 g/mol. The van der Waals surface area contributed by atoms with Crippen molar-refractivity contribution in [3.8, 4) is 0 Å². The van der Waals surface area contributed by atoms with Crippen molar-refractivity contribution in [2.24, 2.45) is 0 Å². The van der Waals surface area contributed by atoms with Crippen LogP contribution in [-0.2, 0) is 19.4 Å². The molecule has 0 heterocycles. The zero-order chi connectivity index (χ0) is 7.28. The SMILES string of the molecule is C=CC(=C[C](C)=[W])CO. The molecular weight excluding hydrogens is 284 g/mol. The molecule has 9 heavy (non-hydrogen) atoms. The van der Waals surface area contributed by atoms with E-state index in [1.807, 2.05) is 13.0 Å². The molecule has 50 valence electrons. The number of hydrogen-bond acceptors (Lipinski definition) is 1. The Morgan fingerprint density at radius 3 is 2.44 bits per heavy atom. The number of rotatable bonds is 3. The van der Waals surface area contributed by atoms with Crippen LogP contribution in [0.2, 0.25) is 0 Å². The topological polar surface area (TPSA) is 20.2 Å². The molecule has 0 saturated heterocycles. The van der Waals surface area contributed by atoms with Gasteiger partial charge in [0.2, 0.25) is 0 Å². The number of aliphatic hydroxyl groups excluding tert-OH is 1. The summed E-state index contributed by atoms with van der Waals surface area (Å²) >= 11 is 1.43. The van der Waals surface area contributed by atoms with Crippen molar-refractivity contribution >= 4 is 3.90 Å². The van der Waals surface area contributed by atoms with E-state index in [-0.39, 0.29) is 6.61 Å². The maximum atomic E-state index is 8.63. The van der Waals surface area contributed by atoms with Crippen LogP contribution in [-0.4, -0.2) is 15.6 Å². The summed E-state index contributed by atoms with van der Waals surface area (Å²) < 4.78 is 1.26.